The monoisotopic (exact) mass is 291 g/mol. The average Bonchev–Trinajstić information content (AvgIpc) is 2.80. The summed E-state index contributed by atoms with van der Waals surface area (Å²) in [6.45, 7) is 5.30. The highest BCUT2D eigenvalue weighted by atomic mass is 19.1. The second-order valence-corrected chi connectivity index (χ2v) is 6.11. The lowest BCUT2D eigenvalue weighted by molar-refractivity contribution is 0.0743. The molecule has 1 amide bonds. The van der Waals surface area contributed by atoms with Crippen molar-refractivity contribution < 1.29 is 9.18 Å². The van der Waals surface area contributed by atoms with Gasteiger partial charge in [-0.3, -0.25) is 9.69 Å². The van der Waals surface area contributed by atoms with Crippen LogP contribution in [-0.2, 0) is 0 Å². The summed E-state index contributed by atoms with van der Waals surface area (Å²) >= 11 is 0. The van der Waals surface area contributed by atoms with Crippen LogP contribution in [0, 0.1) is 12.7 Å². The van der Waals surface area contributed by atoms with Crippen LogP contribution in [-0.4, -0.2) is 47.9 Å². The fourth-order valence-corrected chi connectivity index (χ4v) is 3.40. The van der Waals surface area contributed by atoms with Gasteiger partial charge in [-0.1, -0.05) is 0 Å². The van der Waals surface area contributed by atoms with Crippen molar-refractivity contribution in [2.45, 2.75) is 32.2 Å². The molecule has 1 aromatic carbocycles. The number of benzene rings is 1. The van der Waals surface area contributed by atoms with Gasteiger partial charge in [-0.15, -0.1) is 0 Å². The Morgan fingerprint density at radius 2 is 2.05 bits per heavy atom. The summed E-state index contributed by atoms with van der Waals surface area (Å²) in [5.74, 6) is -0.509. The normalized spacial score (nSPS) is 23.0. The van der Waals surface area contributed by atoms with Crippen LogP contribution in [0.15, 0.2) is 12.1 Å². The molecule has 0 spiro atoms. The average molecular weight is 291 g/mol. The van der Waals surface area contributed by atoms with E-state index in [1.807, 2.05) is 4.90 Å². The number of carbonyl (C=O) groups is 1. The van der Waals surface area contributed by atoms with Gasteiger partial charge in [0.15, 0.2) is 0 Å². The Bertz CT molecular complexity index is 537. The molecule has 1 unspecified atom stereocenters. The van der Waals surface area contributed by atoms with Gasteiger partial charge >= 0.3 is 0 Å². The molecule has 1 atom stereocenters. The third-order valence-electron chi connectivity index (χ3n) is 4.72. The molecule has 0 aromatic heterocycles. The number of halogens is 1. The van der Waals surface area contributed by atoms with Crippen molar-refractivity contribution in [3.8, 4) is 0 Å². The van der Waals surface area contributed by atoms with E-state index in [9.17, 15) is 9.18 Å². The maximum absolute atomic E-state index is 13.8. The second-order valence-electron chi connectivity index (χ2n) is 6.11. The van der Waals surface area contributed by atoms with Crippen LogP contribution in [0.2, 0.25) is 0 Å². The molecular weight excluding hydrogens is 269 g/mol. The number of hydrogen-bond acceptors (Lipinski definition) is 3. The van der Waals surface area contributed by atoms with Crippen molar-refractivity contribution in [2.75, 3.05) is 31.9 Å². The number of nitrogens with zero attached hydrogens (tertiary/aromatic N) is 2. The number of anilines is 1. The van der Waals surface area contributed by atoms with E-state index in [-0.39, 0.29) is 5.91 Å². The van der Waals surface area contributed by atoms with Crippen LogP contribution < -0.4 is 5.73 Å². The van der Waals surface area contributed by atoms with E-state index in [4.69, 9.17) is 5.73 Å². The van der Waals surface area contributed by atoms with Crippen molar-refractivity contribution in [2.24, 2.45) is 0 Å². The van der Waals surface area contributed by atoms with Crippen LogP contribution in [0.1, 0.15) is 35.2 Å². The molecule has 2 aliphatic heterocycles. The maximum Gasteiger partial charge on any atom is 0.254 e. The Kier molecular flexibility index (Phi) is 3.85. The summed E-state index contributed by atoms with van der Waals surface area (Å²) in [4.78, 5) is 17.0. The number of rotatable bonds is 1. The van der Waals surface area contributed by atoms with Gasteiger partial charge in [0.1, 0.15) is 5.82 Å². The van der Waals surface area contributed by atoms with E-state index in [0.717, 1.165) is 39.0 Å². The predicted octanol–water partition coefficient (Wildman–Crippen LogP) is 2.03. The highest BCUT2D eigenvalue weighted by Crippen LogP contribution is 2.24. The Balaban J connectivity index is 1.81. The van der Waals surface area contributed by atoms with Crippen LogP contribution in [0.5, 0.6) is 0 Å². The first-order valence-electron chi connectivity index (χ1n) is 7.65. The smallest absolute Gasteiger partial charge is 0.254 e. The summed E-state index contributed by atoms with van der Waals surface area (Å²) in [5.41, 5.74) is 6.90. The summed E-state index contributed by atoms with van der Waals surface area (Å²) in [5, 5.41) is 0. The van der Waals surface area contributed by atoms with Crippen molar-refractivity contribution in [3.05, 3.63) is 29.1 Å². The first-order valence-corrected chi connectivity index (χ1v) is 7.65. The molecule has 1 aromatic rings. The van der Waals surface area contributed by atoms with Gasteiger partial charge in [0.2, 0.25) is 0 Å². The molecule has 114 valence electrons. The van der Waals surface area contributed by atoms with Crippen LogP contribution in [0.3, 0.4) is 0 Å². The molecule has 2 aliphatic rings. The van der Waals surface area contributed by atoms with Crippen molar-refractivity contribution >= 4 is 11.6 Å². The zero-order valence-electron chi connectivity index (χ0n) is 12.4. The zero-order chi connectivity index (χ0) is 15.0. The van der Waals surface area contributed by atoms with Crippen LogP contribution >= 0.6 is 0 Å². The van der Waals surface area contributed by atoms with E-state index in [1.54, 1.807) is 13.0 Å². The van der Waals surface area contributed by atoms with Gasteiger partial charge < -0.3 is 10.6 Å². The Labute approximate surface area is 124 Å². The number of carbonyl (C=O) groups excluding carboxylic acids is 1. The summed E-state index contributed by atoms with van der Waals surface area (Å²) in [7, 11) is 0. The molecule has 0 radical (unpaired) electrons. The molecule has 5 heteroatoms. The van der Waals surface area contributed by atoms with Gasteiger partial charge in [0, 0.05) is 42.5 Å². The molecule has 2 saturated heterocycles. The van der Waals surface area contributed by atoms with Gasteiger partial charge in [-0.25, -0.2) is 4.39 Å². The molecule has 2 heterocycles. The third kappa shape index (κ3) is 2.75. The van der Waals surface area contributed by atoms with Crippen LogP contribution in [0.25, 0.3) is 0 Å². The lowest BCUT2D eigenvalue weighted by Gasteiger charge is -2.26. The number of nitrogens with two attached hydrogens (primary N) is 1. The van der Waals surface area contributed by atoms with Gasteiger partial charge in [-0.2, -0.15) is 0 Å². The fourth-order valence-electron chi connectivity index (χ4n) is 3.40. The summed E-state index contributed by atoms with van der Waals surface area (Å²) in [6, 6.07) is 3.37. The van der Waals surface area contributed by atoms with Crippen molar-refractivity contribution in [3.63, 3.8) is 0 Å². The minimum Gasteiger partial charge on any atom is -0.398 e. The SMILES string of the molecule is Cc1c(N)cc(C(=O)N2CCCN3CCCC3C2)cc1F. The fraction of sp³-hybridized carbons (Fsp3) is 0.562. The standard InChI is InChI=1S/C16H22FN3O/c1-11-14(17)8-12(9-15(11)18)16(21)20-7-3-6-19-5-2-4-13(19)10-20/h8-9,13H,2-7,10,18H2,1H3. The Hall–Kier alpha value is -1.62. The first kappa shape index (κ1) is 14.3. The van der Waals surface area contributed by atoms with Gasteiger partial charge in [0.05, 0.1) is 0 Å². The number of fused-ring (bicyclic) bond motifs is 1. The number of hydrogen-bond donors (Lipinski definition) is 1. The van der Waals surface area contributed by atoms with Gasteiger partial charge in [0.25, 0.3) is 5.91 Å². The molecular formula is C16H22FN3O. The highest BCUT2D eigenvalue weighted by molar-refractivity contribution is 5.95. The minimum absolute atomic E-state index is 0.102. The molecule has 4 nitrogen and oxygen atoms in total. The largest absolute Gasteiger partial charge is 0.398 e. The molecule has 0 bridgehead atoms. The van der Waals surface area contributed by atoms with E-state index >= 15 is 0 Å². The number of amides is 1. The summed E-state index contributed by atoms with van der Waals surface area (Å²) in [6.07, 6.45) is 3.33. The molecule has 21 heavy (non-hydrogen) atoms. The molecule has 0 aliphatic carbocycles. The van der Waals surface area contributed by atoms with E-state index in [2.05, 4.69) is 4.90 Å². The van der Waals surface area contributed by atoms with Crippen LogP contribution in [0.4, 0.5) is 10.1 Å². The lowest BCUT2D eigenvalue weighted by Crippen LogP contribution is -2.39. The van der Waals surface area contributed by atoms with E-state index < -0.39 is 5.82 Å². The summed E-state index contributed by atoms with van der Waals surface area (Å²) < 4.78 is 13.8. The maximum atomic E-state index is 13.8. The molecule has 2 N–H and O–H groups in total. The lowest BCUT2D eigenvalue weighted by atomic mass is 10.1. The van der Waals surface area contributed by atoms with Crippen molar-refractivity contribution in [1.29, 1.82) is 0 Å². The van der Waals surface area contributed by atoms with Crippen molar-refractivity contribution in [1.82, 2.24) is 9.80 Å². The minimum atomic E-state index is -0.407. The number of nitrogen functional groups attached to an aromatic ring is 1. The van der Waals surface area contributed by atoms with E-state index in [0.29, 0.717) is 22.9 Å². The zero-order valence-corrected chi connectivity index (χ0v) is 12.4. The molecule has 3 rings (SSSR count). The second kappa shape index (κ2) is 5.64. The molecule has 0 saturated carbocycles. The van der Waals surface area contributed by atoms with E-state index in [1.165, 1.54) is 12.5 Å². The Morgan fingerprint density at radius 3 is 2.81 bits per heavy atom. The Morgan fingerprint density at radius 1 is 1.29 bits per heavy atom. The van der Waals surface area contributed by atoms with Gasteiger partial charge in [-0.05, 0) is 44.9 Å². The predicted molar refractivity (Wildman–Crippen MR) is 80.7 cm³/mol. The first-order chi connectivity index (χ1) is 10.1. The third-order valence-corrected chi connectivity index (χ3v) is 4.72. The topological polar surface area (TPSA) is 49.6 Å². The highest BCUT2D eigenvalue weighted by Gasteiger charge is 2.31. The molecule has 2 fully saturated rings. The quantitative estimate of drug-likeness (QED) is 0.805.